The number of ether oxygens (including phenoxy) is 1. The Labute approximate surface area is 116 Å². The monoisotopic (exact) mass is 332 g/mol. The minimum atomic E-state index is -0.776. The minimum Gasteiger partial charge on any atom is -0.450 e. The molecule has 0 bridgehead atoms. The van der Waals surface area contributed by atoms with Crippen molar-refractivity contribution in [1.29, 1.82) is 0 Å². The molecule has 5 heteroatoms. The lowest BCUT2D eigenvalue weighted by atomic mass is 10.2. The topological polar surface area (TPSA) is 9.23 Å². The SMILES string of the molecule is Fc1cc(CCl)cc(F)c1Oc1ccccc1Br. The van der Waals surface area contributed by atoms with E-state index in [-0.39, 0.29) is 5.88 Å². The van der Waals surface area contributed by atoms with Crippen LogP contribution in [0.15, 0.2) is 40.9 Å². The van der Waals surface area contributed by atoms with Gasteiger partial charge < -0.3 is 4.74 Å². The molecule has 0 radical (unpaired) electrons. The molecule has 18 heavy (non-hydrogen) atoms. The molecule has 0 aliphatic heterocycles. The lowest BCUT2D eigenvalue weighted by Gasteiger charge is -2.10. The highest BCUT2D eigenvalue weighted by atomic mass is 79.9. The van der Waals surface area contributed by atoms with Gasteiger partial charge in [-0.1, -0.05) is 12.1 Å². The molecule has 0 heterocycles. The van der Waals surface area contributed by atoms with E-state index in [9.17, 15) is 8.78 Å². The average molecular weight is 334 g/mol. The molecule has 2 aromatic carbocycles. The summed E-state index contributed by atoms with van der Waals surface area (Å²) in [5.41, 5.74) is 0.367. The van der Waals surface area contributed by atoms with Crippen LogP contribution in [-0.4, -0.2) is 0 Å². The first kappa shape index (κ1) is 13.3. The van der Waals surface area contributed by atoms with Gasteiger partial charge in [0.2, 0.25) is 0 Å². The Morgan fingerprint density at radius 3 is 2.28 bits per heavy atom. The maximum absolute atomic E-state index is 13.7. The van der Waals surface area contributed by atoms with Crippen LogP contribution in [0.1, 0.15) is 5.56 Å². The molecule has 0 unspecified atom stereocenters. The Hall–Kier alpha value is -1.13. The molecule has 2 aromatic rings. The van der Waals surface area contributed by atoms with Gasteiger partial charge in [0, 0.05) is 5.88 Å². The molecule has 0 atom stereocenters. The predicted octanol–water partition coefficient (Wildman–Crippen LogP) is 5.26. The van der Waals surface area contributed by atoms with Gasteiger partial charge in [0.15, 0.2) is 17.4 Å². The number of benzene rings is 2. The molecule has 0 spiro atoms. The number of para-hydroxylation sites is 1. The van der Waals surface area contributed by atoms with Crippen molar-refractivity contribution in [3.8, 4) is 11.5 Å². The zero-order valence-corrected chi connectivity index (χ0v) is 11.4. The Bertz CT molecular complexity index is 552. The van der Waals surface area contributed by atoms with Crippen molar-refractivity contribution in [3.63, 3.8) is 0 Å². The average Bonchev–Trinajstić information content (AvgIpc) is 2.35. The van der Waals surface area contributed by atoms with Crippen molar-refractivity contribution in [2.75, 3.05) is 0 Å². The third kappa shape index (κ3) is 2.82. The minimum absolute atomic E-state index is 0.0448. The first-order valence-corrected chi connectivity index (χ1v) is 6.41. The van der Waals surface area contributed by atoms with E-state index in [0.717, 1.165) is 12.1 Å². The van der Waals surface area contributed by atoms with Crippen molar-refractivity contribution < 1.29 is 13.5 Å². The Kier molecular flexibility index (Phi) is 4.19. The first-order chi connectivity index (χ1) is 8.61. The molecule has 1 nitrogen and oxygen atoms in total. The Morgan fingerprint density at radius 1 is 1.11 bits per heavy atom. The molecule has 0 aliphatic carbocycles. The third-order valence-corrected chi connectivity index (χ3v) is 3.22. The molecule has 0 fully saturated rings. The summed E-state index contributed by atoms with van der Waals surface area (Å²) in [6, 6.07) is 9.13. The van der Waals surface area contributed by atoms with Gasteiger partial charge in [-0.3, -0.25) is 0 Å². The summed E-state index contributed by atoms with van der Waals surface area (Å²) < 4.78 is 33.2. The van der Waals surface area contributed by atoms with E-state index in [4.69, 9.17) is 16.3 Å². The fourth-order valence-electron chi connectivity index (χ4n) is 1.42. The van der Waals surface area contributed by atoms with E-state index in [1.807, 2.05) is 0 Å². The fraction of sp³-hybridized carbons (Fsp3) is 0.0769. The second kappa shape index (κ2) is 5.67. The van der Waals surface area contributed by atoms with Gasteiger partial charge in [-0.05, 0) is 45.8 Å². The smallest absolute Gasteiger partial charge is 0.198 e. The van der Waals surface area contributed by atoms with Crippen LogP contribution in [-0.2, 0) is 5.88 Å². The van der Waals surface area contributed by atoms with E-state index in [1.54, 1.807) is 24.3 Å². The molecule has 94 valence electrons. The highest BCUT2D eigenvalue weighted by Crippen LogP contribution is 2.33. The Morgan fingerprint density at radius 2 is 1.72 bits per heavy atom. The zero-order chi connectivity index (χ0) is 13.1. The van der Waals surface area contributed by atoms with Gasteiger partial charge >= 0.3 is 0 Å². The van der Waals surface area contributed by atoms with Gasteiger partial charge in [0.25, 0.3) is 0 Å². The van der Waals surface area contributed by atoms with E-state index in [1.165, 1.54) is 0 Å². The lowest BCUT2D eigenvalue weighted by Crippen LogP contribution is -1.95. The van der Waals surface area contributed by atoms with Gasteiger partial charge in [-0.25, -0.2) is 8.78 Å². The molecular formula is C13H8BrClF2O. The van der Waals surface area contributed by atoms with Crippen LogP contribution in [0.25, 0.3) is 0 Å². The summed E-state index contributed by atoms with van der Waals surface area (Å²) in [6.07, 6.45) is 0. The van der Waals surface area contributed by atoms with Crippen LogP contribution < -0.4 is 4.74 Å². The summed E-state index contributed by atoms with van der Waals surface area (Å²) in [7, 11) is 0. The summed E-state index contributed by atoms with van der Waals surface area (Å²) in [5, 5.41) is 0. The van der Waals surface area contributed by atoms with Gasteiger partial charge in [0.1, 0.15) is 5.75 Å². The van der Waals surface area contributed by atoms with E-state index < -0.39 is 17.4 Å². The van der Waals surface area contributed by atoms with Crippen molar-refractivity contribution in [1.82, 2.24) is 0 Å². The fourth-order valence-corrected chi connectivity index (χ4v) is 1.94. The number of hydrogen-bond acceptors (Lipinski definition) is 1. The van der Waals surface area contributed by atoms with Crippen LogP contribution in [0.3, 0.4) is 0 Å². The number of rotatable bonds is 3. The number of hydrogen-bond donors (Lipinski definition) is 0. The molecule has 0 N–H and O–H groups in total. The van der Waals surface area contributed by atoms with Crippen LogP contribution in [0, 0.1) is 11.6 Å². The summed E-state index contributed by atoms with van der Waals surface area (Å²) in [5.74, 6) is -1.60. The van der Waals surface area contributed by atoms with Crippen molar-refractivity contribution in [2.24, 2.45) is 0 Å². The van der Waals surface area contributed by atoms with Crippen molar-refractivity contribution in [2.45, 2.75) is 5.88 Å². The molecular weight excluding hydrogens is 325 g/mol. The summed E-state index contributed by atoms with van der Waals surface area (Å²) >= 11 is 8.77. The lowest BCUT2D eigenvalue weighted by molar-refractivity contribution is 0.405. The molecule has 0 aliphatic rings. The third-order valence-electron chi connectivity index (χ3n) is 2.26. The van der Waals surface area contributed by atoms with Crippen molar-refractivity contribution in [3.05, 3.63) is 58.1 Å². The molecule has 0 saturated carbocycles. The van der Waals surface area contributed by atoms with Crippen molar-refractivity contribution >= 4 is 27.5 Å². The number of halogens is 4. The van der Waals surface area contributed by atoms with Gasteiger partial charge in [-0.15, -0.1) is 11.6 Å². The highest BCUT2D eigenvalue weighted by molar-refractivity contribution is 9.10. The molecule has 0 aromatic heterocycles. The quantitative estimate of drug-likeness (QED) is 0.696. The second-order valence-corrected chi connectivity index (χ2v) is 4.68. The van der Waals surface area contributed by atoms with Crippen LogP contribution in [0.4, 0.5) is 8.78 Å². The zero-order valence-electron chi connectivity index (χ0n) is 9.09. The second-order valence-electron chi connectivity index (χ2n) is 3.55. The van der Waals surface area contributed by atoms with E-state index in [2.05, 4.69) is 15.9 Å². The first-order valence-electron chi connectivity index (χ1n) is 5.08. The molecule has 0 saturated heterocycles. The predicted molar refractivity (Wildman–Crippen MR) is 70.1 cm³/mol. The van der Waals surface area contributed by atoms with E-state index in [0.29, 0.717) is 15.8 Å². The largest absolute Gasteiger partial charge is 0.450 e. The Balaban J connectivity index is 2.38. The molecule has 2 rings (SSSR count). The summed E-state index contributed by atoms with van der Waals surface area (Å²) in [4.78, 5) is 0. The summed E-state index contributed by atoms with van der Waals surface area (Å²) in [6.45, 7) is 0. The van der Waals surface area contributed by atoms with Crippen LogP contribution in [0.5, 0.6) is 11.5 Å². The van der Waals surface area contributed by atoms with Gasteiger partial charge in [-0.2, -0.15) is 0 Å². The molecule has 0 amide bonds. The highest BCUT2D eigenvalue weighted by Gasteiger charge is 2.14. The van der Waals surface area contributed by atoms with Crippen LogP contribution >= 0.6 is 27.5 Å². The normalized spacial score (nSPS) is 10.4. The number of alkyl halides is 1. The van der Waals surface area contributed by atoms with Gasteiger partial charge in [0.05, 0.1) is 4.47 Å². The maximum Gasteiger partial charge on any atom is 0.198 e. The van der Waals surface area contributed by atoms with Crippen LogP contribution in [0.2, 0.25) is 0 Å². The van der Waals surface area contributed by atoms with E-state index >= 15 is 0 Å². The standard InChI is InChI=1S/C13H8BrClF2O/c14-9-3-1-2-4-12(9)18-13-10(16)5-8(7-15)6-11(13)17/h1-6H,7H2. The maximum atomic E-state index is 13.7.